The molecule has 2 N–H and O–H groups in total. The predicted octanol–water partition coefficient (Wildman–Crippen LogP) is 8.24. The van der Waals surface area contributed by atoms with Gasteiger partial charge in [-0.1, -0.05) is 71.7 Å². The summed E-state index contributed by atoms with van der Waals surface area (Å²) >= 11 is 12.4. The summed E-state index contributed by atoms with van der Waals surface area (Å²) in [6.45, 7) is 2.43. The van der Waals surface area contributed by atoms with Gasteiger partial charge in [-0.3, -0.25) is 9.69 Å². The third-order valence-corrected chi connectivity index (χ3v) is 7.45. The molecule has 0 bridgehead atoms. The Bertz CT molecular complexity index is 1470. The van der Waals surface area contributed by atoms with E-state index in [-0.39, 0.29) is 12.0 Å². The molecule has 0 amide bonds. The molecule has 0 aliphatic rings. The van der Waals surface area contributed by atoms with E-state index in [1.807, 2.05) is 66.7 Å². The van der Waals surface area contributed by atoms with Crippen molar-refractivity contribution >= 4 is 35.1 Å². The van der Waals surface area contributed by atoms with Crippen molar-refractivity contribution in [1.82, 2.24) is 4.90 Å². The molecular formula is C34H33Cl2NO5. The number of carboxylic acid groups (broad SMARTS) is 2. The van der Waals surface area contributed by atoms with Gasteiger partial charge in [0.05, 0.1) is 5.56 Å². The number of carboxylic acids is 2. The Labute approximate surface area is 256 Å². The van der Waals surface area contributed by atoms with Crippen LogP contribution in [0.3, 0.4) is 0 Å². The zero-order valence-corrected chi connectivity index (χ0v) is 24.7. The molecule has 0 heterocycles. The molecule has 4 aromatic rings. The van der Waals surface area contributed by atoms with Gasteiger partial charge in [0.25, 0.3) is 0 Å². The minimum absolute atomic E-state index is 0.133. The number of unbranched alkanes of at least 4 members (excludes halogenated alkanes) is 1. The van der Waals surface area contributed by atoms with Crippen LogP contribution in [0.25, 0.3) is 11.1 Å². The highest BCUT2D eigenvalue weighted by molar-refractivity contribution is 6.31. The zero-order chi connectivity index (χ0) is 29.9. The summed E-state index contributed by atoms with van der Waals surface area (Å²) in [7, 11) is 0. The van der Waals surface area contributed by atoms with Gasteiger partial charge in [0, 0.05) is 29.6 Å². The lowest BCUT2D eigenvalue weighted by atomic mass is 10.0. The number of halogens is 2. The van der Waals surface area contributed by atoms with E-state index in [2.05, 4.69) is 17.0 Å². The van der Waals surface area contributed by atoms with Gasteiger partial charge in [0.1, 0.15) is 12.4 Å². The van der Waals surface area contributed by atoms with E-state index in [1.165, 1.54) is 0 Å². The Hall–Kier alpha value is -3.84. The van der Waals surface area contributed by atoms with Crippen molar-refractivity contribution in [2.75, 3.05) is 13.1 Å². The molecule has 218 valence electrons. The summed E-state index contributed by atoms with van der Waals surface area (Å²) in [5.41, 5.74) is 5.45. The second-order valence-electron chi connectivity index (χ2n) is 10.1. The van der Waals surface area contributed by atoms with E-state index in [4.69, 9.17) is 33.0 Å². The van der Waals surface area contributed by atoms with Crippen LogP contribution in [0.5, 0.6) is 5.75 Å². The van der Waals surface area contributed by atoms with E-state index >= 15 is 0 Å². The molecule has 0 fully saturated rings. The number of hydrogen-bond acceptors (Lipinski definition) is 4. The minimum atomic E-state index is -0.960. The molecule has 8 heteroatoms. The SMILES string of the molecule is O=C(O)CCCCN(CCc1cc(Cl)ccc1OCc1ccc(-c2ccc(Cl)cc2)cc1)Cc1ccc(C(=O)O)cc1. The molecule has 0 unspecified atom stereocenters. The largest absolute Gasteiger partial charge is 0.489 e. The lowest BCUT2D eigenvalue weighted by Crippen LogP contribution is -2.27. The smallest absolute Gasteiger partial charge is 0.335 e. The monoisotopic (exact) mass is 605 g/mol. The van der Waals surface area contributed by atoms with Crippen LogP contribution in [0.2, 0.25) is 10.0 Å². The van der Waals surface area contributed by atoms with Crippen LogP contribution in [0, 0.1) is 0 Å². The zero-order valence-electron chi connectivity index (χ0n) is 23.1. The number of benzene rings is 4. The fraction of sp³-hybridized carbons (Fsp3) is 0.235. The third kappa shape index (κ3) is 9.62. The highest BCUT2D eigenvalue weighted by atomic mass is 35.5. The maximum absolute atomic E-state index is 11.2. The first kappa shape index (κ1) is 31.1. The van der Waals surface area contributed by atoms with Crippen LogP contribution in [0.4, 0.5) is 0 Å². The van der Waals surface area contributed by atoms with E-state index in [0.717, 1.165) is 40.0 Å². The Kier molecular flexibility index (Phi) is 11.4. The van der Waals surface area contributed by atoms with Gasteiger partial charge in [0.15, 0.2) is 0 Å². The Morgan fingerprint density at radius 3 is 1.98 bits per heavy atom. The number of ether oxygens (including phenoxy) is 1. The van der Waals surface area contributed by atoms with Crippen molar-refractivity contribution in [2.24, 2.45) is 0 Å². The van der Waals surface area contributed by atoms with Crippen molar-refractivity contribution in [3.05, 3.63) is 123 Å². The fourth-order valence-electron chi connectivity index (χ4n) is 4.65. The molecule has 0 saturated carbocycles. The maximum Gasteiger partial charge on any atom is 0.335 e. The predicted molar refractivity (Wildman–Crippen MR) is 167 cm³/mol. The first-order valence-corrected chi connectivity index (χ1v) is 14.5. The van der Waals surface area contributed by atoms with E-state index in [0.29, 0.717) is 49.1 Å². The quantitative estimate of drug-likeness (QED) is 0.133. The van der Waals surface area contributed by atoms with Gasteiger partial charge < -0.3 is 14.9 Å². The number of carbonyl (C=O) groups is 2. The van der Waals surface area contributed by atoms with Crippen LogP contribution >= 0.6 is 23.2 Å². The van der Waals surface area contributed by atoms with Crippen LogP contribution in [0.15, 0.2) is 91.0 Å². The molecule has 4 rings (SSSR count). The molecule has 0 aromatic heterocycles. The Morgan fingerprint density at radius 1 is 0.714 bits per heavy atom. The average Bonchev–Trinajstić information content (AvgIpc) is 2.98. The molecule has 6 nitrogen and oxygen atoms in total. The molecular weight excluding hydrogens is 573 g/mol. The van der Waals surface area contributed by atoms with Gasteiger partial charge >= 0.3 is 11.9 Å². The third-order valence-electron chi connectivity index (χ3n) is 6.97. The molecule has 0 atom stereocenters. The van der Waals surface area contributed by atoms with E-state index < -0.39 is 11.9 Å². The van der Waals surface area contributed by atoms with Gasteiger partial charge in [-0.15, -0.1) is 0 Å². The first-order chi connectivity index (χ1) is 20.3. The molecule has 0 radical (unpaired) electrons. The highest BCUT2D eigenvalue weighted by Crippen LogP contribution is 2.26. The van der Waals surface area contributed by atoms with Crippen molar-refractivity contribution in [2.45, 2.75) is 38.8 Å². The molecule has 4 aromatic carbocycles. The first-order valence-electron chi connectivity index (χ1n) is 13.8. The summed E-state index contributed by atoms with van der Waals surface area (Å²) in [5, 5.41) is 19.5. The van der Waals surface area contributed by atoms with Crippen molar-refractivity contribution in [3.8, 4) is 16.9 Å². The van der Waals surface area contributed by atoms with E-state index in [1.54, 1.807) is 12.1 Å². The van der Waals surface area contributed by atoms with Gasteiger partial charge in [0.2, 0.25) is 0 Å². The second-order valence-corrected chi connectivity index (χ2v) is 11.0. The summed E-state index contributed by atoms with van der Waals surface area (Å²) in [5.74, 6) is -0.998. The molecule has 0 aliphatic heterocycles. The van der Waals surface area contributed by atoms with Crippen LogP contribution < -0.4 is 4.74 Å². The normalized spacial score (nSPS) is 11.0. The lowest BCUT2D eigenvalue weighted by Gasteiger charge is -2.23. The topological polar surface area (TPSA) is 87.1 Å². The van der Waals surface area contributed by atoms with Gasteiger partial charge in [-0.05, 0) is 96.1 Å². The number of aromatic carboxylic acids is 1. The number of rotatable bonds is 15. The summed E-state index contributed by atoms with van der Waals surface area (Å²) in [4.78, 5) is 24.4. The molecule has 0 saturated heterocycles. The maximum atomic E-state index is 11.2. The fourth-order valence-corrected chi connectivity index (χ4v) is 4.97. The van der Waals surface area contributed by atoms with Crippen LogP contribution in [-0.2, 0) is 24.4 Å². The Balaban J connectivity index is 1.40. The van der Waals surface area contributed by atoms with Gasteiger partial charge in [-0.25, -0.2) is 4.79 Å². The van der Waals surface area contributed by atoms with Crippen LogP contribution in [0.1, 0.15) is 46.3 Å². The summed E-state index contributed by atoms with van der Waals surface area (Å²) in [6.07, 6.45) is 2.14. The number of aliphatic carboxylic acids is 1. The second kappa shape index (κ2) is 15.4. The number of nitrogens with zero attached hydrogens (tertiary/aromatic N) is 1. The highest BCUT2D eigenvalue weighted by Gasteiger charge is 2.12. The van der Waals surface area contributed by atoms with Crippen LogP contribution in [-0.4, -0.2) is 40.1 Å². The van der Waals surface area contributed by atoms with Gasteiger partial charge in [-0.2, -0.15) is 0 Å². The summed E-state index contributed by atoms with van der Waals surface area (Å²) < 4.78 is 6.24. The van der Waals surface area contributed by atoms with Crippen molar-refractivity contribution < 1.29 is 24.5 Å². The van der Waals surface area contributed by atoms with Crippen molar-refractivity contribution in [3.63, 3.8) is 0 Å². The average molecular weight is 607 g/mol. The standard InChI is InChI=1S/C34H33Cl2NO5/c35-30-14-12-27(13-15-30)26-8-6-25(7-9-26)23-42-32-17-16-31(36)21-29(32)18-20-37(19-2-1-3-33(38)39)22-24-4-10-28(11-5-24)34(40)41/h4-17,21H,1-3,18-20,22-23H2,(H,38,39)(H,40,41). The molecule has 0 aliphatic carbocycles. The van der Waals surface area contributed by atoms with Crippen molar-refractivity contribution in [1.29, 1.82) is 0 Å². The minimum Gasteiger partial charge on any atom is -0.489 e. The lowest BCUT2D eigenvalue weighted by molar-refractivity contribution is -0.137. The Morgan fingerprint density at radius 2 is 1.33 bits per heavy atom. The van der Waals surface area contributed by atoms with E-state index in [9.17, 15) is 14.7 Å². The summed E-state index contributed by atoms with van der Waals surface area (Å²) in [6, 6.07) is 28.4. The molecule has 0 spiro atoms. The molecule has 42 heavy (non-hydrogen) atoms. The number of hydrogen-bond donors (Lipinski definition) is 2.